The molecule has 0 radical (unpaired) electrons. The fourth-order valence-electron chi connectivity index (χ4n) is 4.36. The molecule has 0 N–H and O–H groups in total. The van der Waals surface area contributed by atoms with Crippen LogP contribution in [0.2, 0.25) is 0 Å². The second-order valence-corrected chi connectivity index (χ2v) is 7.96. The second kappa shape index (κ2) is 8.08. The van der Waals surface area contributed by atoms with Crippen molar-refractivity contribution in [3.63, 3.8) is 0 Å². The molecule has 4 rings (SSSR count). The molecule has 1 amide bonds. The van der Waals surface area contributed by atoms with Gasteiger partial charge in [-0.05, 0) is 36.1 Å². The lowest BCUT2D eigenvalue weighted by Crippen LogP contribution is -2.42. The number of nitrogens with zero attached hydrogens (tertiary/aromatic N) is 4. The van der Waals surface area contributed by atoms with Crippen molar-refractivity contribution in [2.45, 2.75) is 38.4 Å². The Morgan fingerprint density at radius 1 is 1.17 bits per heavy atom. The smallest absolute Gasteiger partial charge is 0.342 e. The van der Waals surface area contributed by atoms with Crippen molar-refractivity contribution in [3.05, 3.63) is 60.0 Å². The first-order valence-electron chi connectivity index (χ1n) is 10.0. The number of fused-ring (bicyclic) bond motifs is 1. The molecular formula is C22H23F3N4O. The number of hydrogen-bond acceptors (Lipinski definition) is 3. The van der Waals surface area contributed by atoms with Crippen molar-refractivity contribution in [1.82, 2.24) is 19.7 Å². The highest BCUT2D eigenvalue weighted by molar-refractivity contribution is 5.86. The minimum atomic E-state index is -4.46. The zero-order valence-corrected chi connectivity index (χ0v) is 16.6. The lowest BCUT2D eigenvalue weighted by molar-refractivity contribution is -0.136. The van der Waals surface area contributed by atoms with E-state index in [1.807, 2.05) is 17.2 Å². The number of rotatable bonds is 4. The Kier molecular flexibility index (Phi) is 5.49. The summed E-state index contributed by atoms with van der Waals surface area (Å²) >= 11 is 0. The van der Waals surface area contributed by atoms with Gasteiger partial charge in [-0.15, -0.1) is 0 Å². The third-order valence-electron chi connectivity index (χ3n) is 5.68. The van der Waals surface area contributed by atoms with E-state index in [0.29, 0.717) is 31.4 Å². The van der Waals surface area contributed by atoms with Crippen LogP contribution in [0.4, 0.5) is 13.2 Å². The molecule has 158 valence electrons. The van der Waals surface area contributed by atoms with Crippen molar-refractivity contribution in [1.29, 1.82) is 0 Å². The van der Waals surface area contributed by atoms with Gasteiger partial charge in [-0.25, -0.2) is 0 Å². The van der Waals surface area contributed by atoms with Gasteiger partial charge in [0.1, 0.15) is 0 Å². The van der Waals surface area contributed by atoms with E-state index in [1.54, 1.807) is 29.1 Å². The molecule has 2 aromatic heterocycles. The number of piperidine rings is 1. The van der Waals surface area contributed by atoms with E-state index in [0.717, 1.165) is 18.1 Å². The molecule has 0 bridgehead atoms. The second-order valence-electron chi connectivity index (χ2n) is 7.96. The highest BCUT2D eigenvalue weighted by atomic mass is 19.4. The number of alkyl halides is 3. The highest BCUT2D eigenvalue weighted by Gasteiger charge is 2.35. The van der Waals surface area contributed by atoms with Crippen molar-refractivity contribution >= 4 is 16.8 Å². The molecule has 0 saturated carbocycles. The Labute approximate surface area is 172 Å². The normalized spacial score (nSPS) is 19.9. The lowest BCUT2D eigenvalue weighted by atomic mass is 9.83. The number of aryl methyl sites for hydroxylation is 1. The summed E-state index contributed by atoms with van der Waals surface area (Å²) in [4.78, 5) is 18.6. The predicted molar refractivity (Wildman–Crippen MR) is 107 cm³/mol. The molecule has 0 aliphatic carbocycles. The number of hydrogen-bond donors (Lipinski definition) is 0. The zero-order chi connectivity index (χ0) is 21.3. The van der Waals surface area contributed by atoms with E-state index >= 15 is 0 Å². The maximum absolute atomic E-state index is 13.4. The summed E-state index contributed by atoms with van der Waals surface area (Å²) in [7, 11) is 0. The summed E-state index contributed by atoms with van der Waals surface area (Å²) in [6.07, 6.45) is 1.58. The molecule has 1 aromatic carbocycles. The Morgan fingerprint density at radius 2 is 2.00 bits per heavy atom. The highest BCUT2D eigenvalue weighted by Crippen LogP contribution is 2.39. The molecule has 1 aliphatic rings. The number of benzene rings is 1. The number of likely N-dealkylation sites (tertiary alicyclic amines) is 1. The molecule has 1 aliphatic heterocycles. The first kappa shape index (κ1) is 20.4. The van der Waals surface area contributed by atoms with Crippen LogP contribution in [-0.2, 0) is 17.5 Å². The molecule has 1 saturated heterocycles. The summed E-state index contributed by atoms with van der Waals surface area (Å²) in [5.41, 5.74) is 0.0673. The molecule has 1 unspecified atom stereocenters. The van der Waals surface area contributed by atoms with Gasteiger partial charge in [-0.2, -0.15) is 18.3 Å². The summed E-state index contributed by atoms with van der Waals surface area (Å²) < 4.78 is 42.0. The van der Waals surface area contributed by atoms with E-state index in [-0.39, 0.29) is 23.3 Å². The van der Waals surface area contributed by atoms with Gasteiger partial charge in [0.25, 0.3) is 0 Å². The van der Waals surface area contributed by atoms with Crippen LogP contribution in [0, 0.1) is 5.92 Å². The van der Waals surface area contributed by atoms with Crippen LogP contribution in [0.3, 0.4) is 0 Å². The summed E-state index contributed by atoms with van der Waals surface area (Å²) in [5.74, 6) is 0.263. The molecule has 0 spiro atoms. The van der Waals surface area contributed by atoms with Crippen molar-refractivity contribution in [3.8, 4) is 0 Å². The van der Waals surface area contributed by atoms with Crippen molar-refractivity contribution in [2.24, 2.45) is 5.92 Å². The van der Waals surface area contributed by atoms with Crippen LogP contribution in [0.25, 0.3) is 10.9 Å². The fourth-order valence-corrected chi connectivity index (χ4v) is 4.36. The third-order valence-corrected chi connectivity index (χ3v) is 5.68. The molecule has 2 atom stereocenters. The van der Waals surface area contributed by atoms with Crippen LogP contribution in [0.5, 0.6) is 0 Å². The summed E-state index contributed by atoms with van der Waals surface area (Å²) in [6.45, 7) is 3.74. The van der Waals surface area contributed by atoms with Crippen LogP contribution in [-0.4, -0.2) is 38.7 Å². The number of pyridine rings is 1. The van der Waals surface area contributed by atoms with E-state index in [9.17, 15) is 18.0 Å². The first-order chi connectivity index (χ1) is 14.3. The molecule has 8 heteroatoms. The summed E-state index contributed by atoms with van der Waals surface area (Å²) in [6, 6.07) is 7.84. The molecular weight excluding hydrogens is 393 g/mol. The van der Waals surface area contributed by atoms with Crippen LogP contribution in [0.1, 0.15) is 36.8 Å². The number of amides is 1. The third kappa shape index (κ3) is 4.17. The molecule has 1 fully saturated rings. The van der Waals surface area contributed by atoms with Crippen LogP contribution >= 0.6 is 0 Å². The van der Waals surface area contributed by atoms with Gasteiger partial charge in [0.15, 0.2) is 0 Å². The number of halogens is 3. The number of carbonyl (C=O) groups is 1. The number of aromatic nitrogens is 3. The lowest BCUT2D eigenvalue weighted by Gasteiger charge is -2.37. The number of carbonyl (C=O) groups excluding carboxylic acids is 1. The molecule has 3 aromatic rings. The average molecular weight is 416 g/mol. The molecule has 30 heavy (non-hydrogen) atoms. The largest absolute Gasteiger partial charge is 0.418 e. The Balaban J connectivity index is 1.59. The van der Waals surface area contributed by atoms with Gasteiger partial charge < -0.3 is 4.90 Å². The molecule has 3 heterocycles. The SMILES string of the molecule is CC1C[C@@H](c2ccc(C(F)(F)F)c3ncccc23)CN(C(=O)CCn2cccn2)C1. The van der Waals surface area contributed by atoms with Gasteiger partial charge in [0, 0.05) is 55.9 Å². The summed E-state index contributed by atoms with van der Waals surface area (Å²) in [5, 5.41) is 4.63. The Morgan fingerprint density at radius 3 is 2.73 bits per heavy atom. The topological polar surface area (TPSA) is 51.0 Å². The fraction of sp³-hybridized carbons (Fsp3) is 0.409. The Hall–Kier alpha value is -2.90. The van der Waals surface area contributed by atoms with Gasteiger partial charge in [0.05, 0.1) is 11.1 Å². The predicted octanol–water partition coefficient (Wildman–Crippen LogP) is 4.49. The minimum absolute atomic E-state index is 0.0303. The van der Waals surface area contributed by atoms with E-state index in [4.69, 9.17) is 0 Å². The zero-order valence-electron chi connectivity index (χ0n) is 16.6. The average Bonchev–Trinajstić information content (AvgIpc) is 3.23. The van der Waals surface area contributed by atoms with Crippen molar-refractivity contribution in [2.75, 3.05) is 13.1 Å². The molecule has 5 nitrogen and oxygen atoms in total. The monoisotopic (exact) mass is 416 g/mol. The van der Waals surface area contributed by atoms with Gasteiger partial charge in [-0.3, -0.25) is 14.5 Å². The maximum Gasteiger partial charge on any atom is 0.418 e. The minimum Gasteiger partial charge on any atom is -0.342 e. The van der Waals surface area contributed by atoms with Gasteiger partial charge >= 0.3 is 6.18 Å². The van der Waals surface area contributed by atoms with E-state index in [1.165, 1.54) is 6.20 Å². The van der Waals surface area contributed by atoms with Crippen molar-refractivity contribution < 1.29 is 18.0 Å². The quantitative estimate of drug-likeness (QED) is 0.630. The van der Waals surface area contributed by atoms with Gasteiger partial charge in [0.2, 0.25) is 5.91 Å². The first-order valence-corrected chi connectivity index (χ1v) is 10.0. The standard InChI is InChI=1S/C22H23F3N4O/c1-15-12-16(14-28(13-15)20(30)7-11-29-10-3-9-27-29)17-5-6-19(22(23,24)25)21-18(17)4-2-8-26-21/h2-6,8-10,15-16H,7,11-14H2,1H3/t15?,16-/m1/s1. The Bertz CT molecular complexity index is 1030. The van der Waals surface area contributed by atoms with E-state index < -0.39 is 11.7 Å². The van der Waals surface area contributed by atoms with Crippen LogP contribution < -0.4 is 0 Å². The van der Waals surface area contributed by atoms with E-state index in [2.05, 4.69) is 17.0 Å². The van der Waals surface area contributed by atoms with Crippen LogP contribution in [0.15, 0.2) is 48.9 Å². The maximum atomic E-state index is 13.4. The van der Waals surface area contributed by atoms with Gasteiger partial charge in [-0.1, -0.05) is 19.1 Å².